The van der Waals surface area contributed by atoms with Gasteiger partial charge in [0.25, 0.3) is 6.43 Å². The zero-order valence-corrected chi connectivity index (χ0v) is 9.55. The van der Waals surface area contributed by atoms with Crippen LogP contribution >= 0.6 is 0 Å². The number of aliphatic hydroxyl groups is 2. The number of aliphatic carboxylic acids is 1. The van der Waals surface area contributed by atoms with Crippen LogP contribution in [0.3, 0.4) is 0 Å². The number of nitrogens with one attached hydrogen (secondary N) is 1. The summed E-state index contributed by atoms with van der Waals surface area (Å²) in [6.07, 6.45) is -3.02. The van der Waals surface area contributed by atoms with Crippen LogP contribution in [0.4, 0.5) is 13.6 Å². The highest BCUT2D eigenvalue weighted by molar-refractivity contribution is 5.82. The van der Waals surface area contributed by atoms with Crippen LogP contribution in [0.1, 0.15) is 6.42 Å². The van der Waals surface area contributed by atoms with Crippen molar-refractivity contribution in [3.63, 3.8) is 0 Å². The van der Waals surface area contributed by atoms with Crippen molar-refractivity contribution in [2.45, 2.75) is 18.9 Å². The molecule has 9 heteroatoms. The quantitative estimate of drug-likeness (QED) is 0.456. The summed E-state index contributed by atoms with van der Waals surface area (Å²) in [5.41, 5.74) is 0. The Morgan fingerprint density at radius 3 is 2.22 bits per heavy atom. The third kappa shape index (κ3) is 6.30. The van der Waals surface area contributed by atoms with Gasteiger partial charge in [0.2, 0.25) is 0 Å². The molecule has 0 bridgehead atoms. The molecule has 18 heavy (non-hydrogen) atoms. The van der Waals surface area contributed by atoms with Crippen LogP contribution in [0.15, 0.2) is 0 Å². The zero-order chi connectivity index (χ0) is 14.1. The van der Waals surface area contributed by atoms with Crippen molar-refractivity contribution in [2.75, 3.05) is 26.3 Å². The van der Waals surface area contributed by atoms with E-state index in [9.17, 15) is 18.4 Å². The molecule has 2 amide bonds. The van der Waals surface area contributed by atoms with Crippen molar-refractivity contribution in [1.29, 1.82) is 0 Å². The third-order valence-electron chi connectivity index (χ3n) is 2.03. The van der Waals surface area contributed by atoms with E-state index < -0.39 is 44.2 Å². The van der Waals surface area contributed by atoms with Gasteiger partial charge in [-0.15, -0.1) is 0 Å². The number of carbonyl (C=O) groups excluding carboxylic acids is 1. The summed E-state index contributed by atoms with van der Waals surface area (Å²) < 4.78 is 24.3. The molecule has 0 heterocycles. The lowest BCUT2D eigenvalue weighted by atomic mass is 10.2. The first kappa shape index (κ1) is 16.5. The van der Waals surface area contributed by atoms with E-state index in [0.29, 0.717) is 4.90 Å². The molecular formula is C9H16F2N2O5. The summed E-state index contributed by atoms with van der Waals surface area (Å²) in [4.78, 5) is 22.8. The van der Waals surface area contributed by atoms with E-state index in [1.165, 1.54) is 0 Å². The number of hydrogen-bond acceptors (Lipinski definition) is 4. The predicted molar refractivity (Wildman–Crippen MR) is 56.3 cm³/mol. The molecule has 0 aliphatic heterocycles. The van der Waals surface area contributed by atoms with E-state index in [-0.39, 0.29) is 13.0 Å². The number of aliphatic hydroxyl groups excluding tert-OH is 2. The van der Waals surface area contributed by atoms with Crippen LogP contribution in [-0.4, -0.2) is 71.0 Å². The monoisotopic (exact) mass is 270 g/mol. The van der Waals surface area contributed by atoms with Gasteiger partial charge >= 0.3 is 12.0 Å². The van der Waals surface area contributed by atoms with Crippen molar-refractivity contribution in [3.05, 3.63) is 0 Å². The zero-order valence-electron chi connectivity index (χ0n) is 9.55. The third-order valence-corrected chi connectivity index (χ3v) is 2.03. The standard InChI is InChI=1S/C9H16F2N2O5/c10-7(11)5-13(2-4-15)9(18)12-6(1-3-14)8(16)17/h6-7,14-15H,1-5H2,(H,12,18)(H,16,17)/t6-/m0/s1. The maximum absolute atomic E-state index is 12.2. The highest BCUT2D eigenvalue weighted by Gasteiger charge is 2.24. The summed E-state index contributed by atoms with van der Waals surface area (Å²) >= 11 is 0. The molecule has 0 rings (SSSR count). The van der Waals surface area contributed by atoms with Gasteiger partial charge in [0, 0.05) is 19.6 Å². The summed E-state index contributed by atoms with van der Waals surface area (Å²) in [5, 5.41) is 27.9. The van der Waals surface area contributed by atoms with Gasteiger partial charge in [-0.05, 0) is 0 Å². The maximum Gasteiger partial charge on any atom is 0.326 e. The Kier molecular flexibility index (Phi) is 7.88. The van der Waals surface area contributed by atoms with E-state index in [0.717, 1.165) is 0 Å². The van der Waals surface area contributed by atoms with Crippen molar-refractivity contribution < 1.29 is 33.7 Å². The lowest BCUT2D eigenvalue weighted by molar-refractivity contribution is -0.139. The Morgan fingerprint density at radius 1 is 1.22 bits per heavy atom. The number of rotatable bonds is 8. The Balaban J connectivity index is 4.50. The van der Waals surface area contributed by atoms with E-state index in [2.05, 4.69) is 0 Å². The Bertz CT molecular complexity index is 278. The smallest absolute Gasteiger partial charge is 0.326 e. The first-order valence-electron chi connectivity index (χ1n) is 5.20. The molecule has 1 atom stereocenters. The second-order valence-electron chi connectivity index (χ2n) is 3.41. The van der Waals surface area contributed by atoms with Crippen LogP contribution < -0.4 is 5.32 Å². The van der Waals surface area contributed by atoms with Crippen molar-refractivity contribution in [2.24, 2.45) is 0 Å². The second kappa shape index (κ2) is 8.59. The summed E-state index contributed by atoms with van der Waals surface area (Å²) in [5.74, 6) is -1.38. The van der Waals surface area contributed by atoms with E-state index in [4.69, 9.17) is 15.3 Å². The van der Waals surface area contributed by atoms with Crippen LogP contribution in [0.5, 0.6) is 0 Å². The number of urea groups is 1. The maximum atomic E-state index is 12.2. The fourth-order valence-corrected chi connectivity index (χ4v) is 1.19. The fourth-order valence-electron chi connectivity index (χ4n) is 1.19. The highest BCUT2D eigenvalue weighted by Crippen LogP contribution is 2.00. The molecule has 0 unspecified atom stereocenters. The first-order valence-corrected chi connectivity index (χ1v) is 5.20. The molecule has 0 fully saturated rings. The topological polar surface area (TPSA) is 110 Å². The van der Waals surface area contributed by atoms with Gasteiger partial charge in [-0.25, -0.2) is 18.4 Å². The minimum atomic E-state index is -2.79. The minimum Gasteiger partial charge on any atom is -0.480 e. The molecule has 0 aliphatic rings. The Morgan fingerprint density at radius 2 is 1.83 bits per heavy atom. The van der Waals surface area contributed by atoms with Gasteiger partial charge in [0.1, 0.15) is 6.04 Å². The number of nitrogens with zero attached hydrogens (tertiary/aromatic N) is 1. The molecule has 0 aromatic heterocycles. The molecule has 7 nitrogen and oxygen atoms in total. The molecule has 0 aromatic carbocycles. The Labute approximate surface area is 102 Å². The van der Waals surface area contributed by atoms with Crippen molar-refractivity contribution >= 4 is 12.0 Å². The van der Waals surface area contributed by atoms with Gasteiger partial charge in [-0.1, -0.05) is 0 Å². The SMILES string of the molecule is O=C(O)[C@H](CCO)NC(=O)N(CCO)CC(F)F. The van der Waals surface area contributed by atoms with Gasteiger partial charge in [-0.2, -0.15) is 0 Å². The normalized spacial score (nSPS) is 12.3. The van der Waals surface area contributed by atoms with Gasteiger partial charge in [-0.3, -0.25) is 0 Å². The van der Waals surface area contributed by atoms with Crippen LogP contribution in [0.25, 0.3) is 0 Å². The summed E-state index contributed by atoms with van der Waals surface area (Å²) in [6.45, 7) is -2.22. The van der Waals surface area contributed by atoms with E-state index >= 15 is 0 Å². The number of carboxylic acid groups (broad SMARTS) is 1. The van der Waals surface area contributed by atoms with E-state index in [1.54, 1.807) is 0 Å². The number of carboxylic acids is 1. The van der Waals surface area contributed by atoms with Crippen molar-refractivity contribution in [3.8, 4) is 0 Å². The molecule has 0 radical (unpaired) electrons. The largest absolute Gasteiger partial charge is 0.480 e. The number of halogens is 2. The fraction of sp³-hybridized carbons (Fsp3) is 0.778. The first-order chi connectivity index (χ1) is 8.42. The summed E-state index contributed by atoms with van der Waals surface area (Å²) in [6, 6.07) is -2.38. The number of amides is 2. The molecule has 0 saturated carbocycles. The lowest BCUT2D eigenvalue weighted by Gasteiger charge is -2.23. The number of hydrogen-bond donors (Lipinski definition) is 4. The minimum absolute atomic E-state index is 0.233. The second-order valence-corrected chi connectivity index (χ2v) is 3.41. The number of alkyl halides is 2. The van der Waals surface area contributed by atoms with Crippen LogP contribution in [-0.2, 0) is 4.79 Å². The average molecular weight is 270 g/mol. The van der Waals surface area contributed by atoms with Gasteiger partial charge in [0.15, 0.2) is 0 Å². The average Bonchev–Trinajstić information content (AvgIpc) is 2.27. The predicted octanol–water partition coefficient (Wildman–Crippen LogP) is -0.909. The molecule has 4 N–H and O–H groups in total. The molecule has 0 spiro atoms. The molecule has 0 aromatic rings. The molecule has 0 saturated heterocycles. The molecular weight excluding hydrogens is 254 g/mol. The van der Waals surface area contributed by atoms with Gasteiger partial charge < -0.3 is 25.5 Å². The van der Waals surface area contributed by atoms with Gasteiger partial charge in [0.05, 0.1) is 13.2 Å². The molecule has 106 valence electrons. The lowest BCUT2D eigenvalue weighted by Crippen LogP contribution is -2.50. The highest BCUT2D eigenvalue weighted by atomic mass is 19.3. The number of carbonyl (C=O) groups is 2. The van der Waals surface area contributed by atoms with Crippen molar-refractivity contribution in [1.82, 2.24) is 10.2 Å². The molecule has 0 aliphatic carbocycles. The Hall–Kier alpha value is -1.48. The van der Waals surface area contributed by atoms with Crippen LogP contribution in [0, 0.1) is 0 Å². The van der Waals surface area contributed by atoms with Crippen LogP contribution in [0.2, 0.25) is 0 Å². The van der Waals surface area contributed by atoms with E-state index in [1.807, 2.05) is 5.32 Å². The summed E-state index contributed by atoms with van der Waals surface area (Å²) in [7, 11) is 0.